The molecule has 0 radical (unpaired) electrons. The molecule has 8 rings (SSSR count). The molecule has 2 aliphatic heterocycles. The van der Waals surface area contributed by atoms with Crippen molar-refractivity contribution < 1.29 is 57.3 Å². The van der Waals surface area contributed by atoms with Gasteiger partial charge in [0.25, 0.3) is 0 Å². The quantitative estimate of drug-likeness (QED) is 0.0619. The van der Waals surface area contributed by atoms with Crippen LogP contribution in [0, 0.1) is 0 Å². The highest BCUT2D eigenvalue weighted by atomic mass is 16.8. The fraction of sp³-hybridized carbons (Fsp3) is 0.339. The Balaban J connectivity index is 1.13. The highest BCUT2D eigenvalue weighted by Crippen LogP contribution is 2.36. The van der Waals surface area contributed by atoms with Gasteiger partial charge in [-0.15, -0.1) is 0 Å². The summed E-state index contributed by atoms with van der Waals surface area (Å²) in [5.74, 6) is -0.599. The molecule has 0 aliphatic carbocycles. The monoisotopic (exact) mass is 924 g/mol. The van der Waals surface area contributed by atoms with Crippen molar-refractivity contribution in [3.8, 4) is 0 Å². The van der Waals surface area contributed by atoms with E-state index in [1.54, 1.807) is 0 Å². The van der Waals surface area contributed by atoms with Crippen molar-refractivity contribution in [2.45, 2.75) is 108 Å². The Bertz CT molecular complexity index is 2330. The molecule has 2 aliphatic rings. The summed E-state index contributed by atoms with van der Waals surface area (Å²) in [5, 5.41) is 12.2. The number of hydrogen-bond acceptors (Lipinski definition) is 12. The zero-order valence-electron chi connectivity index (χ0n) is 38.2. The van der Waals surface area contributed by atoms with Crippen molar-refractivity contribution in [2.75, 3.05) is 13.2 Å². The van der Waals surface area contributed by atoms with E-state index in [1.165, 1.54) is 6.92 Å². The van der Waals surface area contributed by atoms with Gasteiger partial charge in [0, 0.05) is 6.92 Å². The van der Waals surface area contributed by atoms with Crippen LogP contribution in [0.2, 0.25) is 0 Å². The van der Waals surface area contributed by atoms with E-state index >= 15 is 0 Å². The highest BCUT2D eigenvalue weighted by molar-refractivity contribution is 5.66. The summed E-state index contributed by atoms with van der Waals surface area (Å²) in [7, 11) is 0. The number of benzene rings is 6. The summed E-state index contributed by atoms with van der Waals surface area (Å²) in [4.78, 5) is 13.2. The molecule has 10 atom stereocenters. The minimum absolute atomic E-state index is 0.0491. The minimum atomic E-state index is -1.58. The standard InChI is InChI=1S/C56H60O12/c1-40(57)65-54-52(64-37-46-30-18-7-19-31-46)50(62-35-44-26-14-5-15-27-44)48(39-60-33-42-22-10-3-11-23-42)67-56(54)68-53-51(63-36-45-28-16-6-17-29-45)49(61-34-43-24-12-4-13-25-43)47(66-55(53)58)38-59-32-41-20-8-2-9-21-41/h2-31,47-56,58H,32-39H2,1H3/t47?,48?,49-,50-,51?,52?,53?,54?,55+,56-/m1/s1. The summed E-state index contributed by atoms with van der Waals surface area (Å²) < 4.78 is 66.0. The number of ether oxygens (including phenoxy) is 10. The maximum Gasteiger partial charge on any atom is 0.303 e. The molecule has 0 spiro atoms. The molecule has 6 aromatic rings. The molecule has 0 amide bonds. The van der Waals surface area contributed by atoms with Gasteiger partial charge in [-0.05, 0) is 33.4 Å². The number of rotatable bonds is 23. The second-order valence-electron chi connectivity index (χ2n) is 16.8. The van der Waals surface area contributed by atoms with Crippen LogP contribution in [0.5, 0.6) is 0 Å². The normalized spacial score (nSPS) is 24.9. The van der Waals surface area contributed by atoms with Crippen molar-refractivity contribution in [1.82, 2.24) is 0 Å². The molecule has 12 nitrogen and oxygen atoms in total. The molecule has 68 heavy (non-hydrogen) atoms. The molecule has 1 N–H and O–H groups in total. The zero-order chi connectivity index (χ0) is 46.8. The largest absolute Gasteiger partial charge is 0.454 e. The lowest BCUT2D eigenvalue weighted by molar-refractivity contribution is -0.375. The maximum absolute atomic E-state index is 13.2. The number of aliphatic hydroxyl groups excluding tert-OH is 1. The number of carbonyl (C=O) groups is 1. The lowest BCUT2D eigenvalue weighted by Gasteiger charge is -2.49. The van der Waals surface area contributed by atoms with Gasteiger partial charge < -0.3 is 52.5 Å². The second kappa shape index (κ2) is 25.7. The summed E-state index contributed by atoms with van der Waals surface area (Å²) >= 11 is 0. The van der Waals surface area contributed by atoms with Crippen molar-refractivity contribution in [1.29, 1.82) is 0 Å². The van der Waals surface area contributed by atoms with E-state index < -0.39 is 67.4 Å². The predicted molar refractivity (Wildman–Crippen MR) is 252 cm³/mol. The minimum Gasteiger partial charge on any atom is -0.454 e. The van der Waals surface area contributed by atoms with Crippen LogP contribution in [0.3, 0.4) is 0 Å². The highest BCUT2D eigenvalue weighted by Gasteiger charge is 2.55. The van der Waals surface area contributed by atoms with E-state index in [1.807, 2.05) is 182 Å². The third-order valence-corrected chi connectivity index (χ3v) is 11.7. The van der Waals surface area contributed by atoms with Gasteiger partial charge in [-0.3, -0.25) is 4.79 Å². The fourth-order valence-corrected chi connectivity index (χ4v) is 8.35. The Morgan fingerprint density at radius 3 is 1.07 bits per heavy atom. The van der Waals surface area contributed by atoms with Crippen LogP contribution in [-0.4, -0.2) is 85.7 Å². The number of hydrogen-bond donors (Lipinski definition) is 1. The Kier molecular flexibility index (Phi) is 18.4. The molecule has 356 valence electrons. The average Bonchev–Trinajstić information content (AvgIpc) is 3.37. The Hall–Kier alpha value is -5.61. The van der Waals surface area contributed by atoms with E-state index in [0.717, 1.165) is 33.4 Å². The number of carbonyl (C=O) groups excluding carboxylic acids is 1. The van der Waals surface area contributed by atoms with Gasteiger partial charge in [0.15, 0.2) is 18.7 Å². The van der Waals surface area contributed by atoms with E-state index in [-0.39, 0.29) is 39.6 Å². The van der Waals surface area contributed by atoms with Crippen molar-refractivity contribution in [3.05, 3.63) is 215 Å². The molecule has 2 fully saturated rings. The smallest absolute Gasteiger partial charge is 0.303 e. The number of aliphatic hydroxyl groups is 1. The van der Waals surface area contributed by atoms with E-state index in [2.05, 4.69) is 0 Å². The molecule has 0 bridgehead atoms. The summed E-state index contributed by atoms with van der Waals surface area (Å²) in [6.07, 6.45) is -10.6. The van der Waals surface area contributed by atoms with Gasteiger partial charge >= 0.3 is 5.97 Å². The van der Waals surface area contributed by atoms with Crippen LogP contribution in [0.4, 0.5) is 0 Å². The first-order valence-electron chi connectivity index (χ1n) is 23.1. The molecule has 6 aromatic carbocycles. The fourth-order valence-electron chi connectivity index (χ4n) is 8.35. The van der Waals surface area contributed by atoms with E-state index in [9.17, 15) is 9.90 Å². The summed E-state index contributed by atoms with van der Waals surface area (Å²) in [6.45, 7) is 2.73. The SMILES string of the molecule is CC(=O)OC1C(OCc2ccccc2)[C@H](OCc2ccccc2)C(COCc2ccccc2)O[C@@H]1OC1C(OCc2ccccc2)[C@H](OCc2ccccc2)C(COCc2ccccc2)O[C@@H]1O. The van der Waals surface area contributed by atoms with Gasteiger partial charge in [-0.1, -0.05) is 182 Å². The molecule has 2 saturated heterocycles. The third-order valence-electron chi connectivity index (χ3n) is 11.7. The topological polar surface area (TPSA) is 130 Å². The van der Waals surface area contributed by atoms with Crippen LogP contribution >= 0.6 is 0 Å². The van der Waals surface area contributed by atoms with Crippen LogP contribution in [-0.2, 0) is 91.8 Å². The Morgan fingerprint density at radius 2 is 0.721 bits per heavy atom. The lowest BCUT2D eigenvalue weighted by Crippen LogP contribution is -2.66. The Morgan fingerprint density at radius 1 is 0.412 bits per heavy atom. The average molecular weight is 925 g/mol. The zero-order valence-corrected chi connectivity index (χ0v) is 38.2. The van der Waals surface area contributed by atoms with Crippen LogP contribution in [0.25, 0.3) is 0 Å². The Labute approximate surface area is 398 Å². The molecule has 0 saturated carbocycles. The van der Waals surface area contributed by atoms with Gasteiger partial charge in [-0.2, -0.15) is 0 Å². The van der Waals surface area contributed by atoms with Gasteiger partial charge in [-0.25, -0.2) is 0 Å². The van der Waals surface area contributed by atoms with Gasteiger partial charge in [0.05, 0.1) is 52.9 Å². The molecule has 0 aromatic heterocycles. The van der Waals surface area contributed by atoms with Gasteiger partial charge in [0.1, 0.15) is 42.7 Å². The number of esters is 1. The van der Waals surface area contributed by atoms with Crippen LogP contribution in [0.1, 0.15) is 40.3 Å². The molecule has 6 unspecified atom stereocenters. The summed E-state index contributed by atoms with van der Waals surface area (Å²) in [5.41, 5.74) is 5.57. The summed E-state index contributed by atoms with van der Waals surface area (Å²) in [6, 6.07) is 58.6. The molecule has 12 heteroatoms. The second-order valence-corrected chi connectivity index (χ2v) is 16.8. The molecule has 2 heterocycles. The predicted octanol–water partition coefficient (Wildman–Crippen LogP) is 8.52. The lowest BCUT2D eigenvalue weighted by atomic mass is 9.96. The first-order chi connectivity index (χ1) is 33.5. The van der Waals surface area contributed by atoms with E-state index in [0.29, 0.717) is 13.2 Å². The van der Waals surface area contributed by atoms with Crippen molar-refractivity contribution >= 4 is 5.97 Å². The first kappa shape index (κ1) is 48.8. The maximum atomic E-state index is 13.2. The van der Waals surface area contributed by atoms with Crippen LogP contribution in [0.15, 0.2) is 182 Å². The first-order valence-corrected chi connectivity index (χ1v) is 23.1. The van der Waals surface area contributed by atoms with Crippen LogP contribution < -0.4 is 0 Å². The third kappa shape index (κ3) is 14.2. The van der Waals surface area contributed by atoms with Crippen molar-refractivity contribution in [3.63, 3.8) is 0 Å². The molecular formula is C56H60O12. The van der Waals surface area contributed by atoms with E-state index in [4.69, 9.17) is 47.4 Å². The molecular weight excluding hydrogens is 865 g/mol. The van der Waals surface area contributed by atoms with Gasteiger partial charge in [0.2, 0.25) is 0 Å². The van der Waals surface area contributed by atoms with Crippen molar-refractivity contribution in [2.24, 2.45) is 0 Å².